The van der Waals surface area contributed by atoms with Crippen molar-refractivity contribution in [2.75, 3.05) is 40.0 Å². The van der Waals surface area contributed by atoms with Crippen LogP contribution < -0.4 is 5.32 Å². The van der Waals surface area contributed by atoms with Gasteiger partial charge in [0.05, 0.1) is 18.9 Å². The second-order valence-corrected chi connectivity index (χ2v) is 8.36. The summed E-state index contributed by atoms with van der Waals surface area (Å²) in [5.74, 6) is 0.429. The van der Waals surface area contributed by atoms with Crippen LogP contribution in [0.25, 0.3) is 16.8 Å². The number of carbonyl (C=O) groups excluding carboxylic acids is 1. The Morgan fingerprint density at radius 3 is 2.64 bits per heavy atom. The molecule has 0 saturated carbocycles. The zero-order chi connectivity index (χ0) is 23.2. The zero-order valence-electron chi connectivity index (χ0n) is 19.3. The first-order chi connectivity index (χ1) is 16.0. The van der Waals surface area contributed by atoms with Crippen LogP contribution in [0.2, 0.25) is 0 Å². The predicted octanol–water partition coefficient (Wildman–Crippen LogP) is 2.23. The third-order valence-electron chi connectivity index (χ3n) is 5.63. The third-order valence-corrected chi connectivity index (χ3v) is 5.63. The standard InChI is InChI=1S/C24H30N6O3/c1-17-4-6-19(7-5-17)20-12-21(14-22(13-20)30-23(16-32-3)26-27-28-30)24(31)25-18(2)15-29-8-10-33-11-9-29/h4-7,12-14,18H,8-11,15-16H2,1-3H3,(H,25,31). The van der Waals surface area contributed by atoms with E-state index >= 15 is 0 Å². The minimum atomic E-state index is -0.132. The highest BCUT2D eigenvalue weighted by atomic mass is 16.5. The summed E-state index contributed by atoms with van der Waals surface area (Å²) in [7, 11) is 1.59. The van der Waals surface area contributed by atoms with Gasteiger partial charge in [0, 0.05) is 38.3 Å². The number of hydrogen-bond donors (Lipinski definition) is 1. The van der Waals surface area contributed by atoms with E-state index in [2.05, 4.69) is 37.9 Å². The Bertz CT molecular complexity index is 1080. The molecule has 9 heteroatoms. The topological polar surface area (TPSA) is 94.4 Å². The average Bonchev–Trinajstić information content (AvgIpc) is 3.28. The number of rotatable bonds is 8. The maximum atomic E-state index is 13.2. The first-order valence-electron chi connectivity index (χ1n) is 11.1. The monoisotopic (exact) mass is 450 g/mol. The molecule has 1 N–H and O–H groups in total. The number of methoxy groups -OCH3 is 1. The number of morpholine rings is 1. The van der Waals surface area contributed by atoms with Crippen molar-refractivity contribution in [2.45, 2.75) is 26.5 Å². The van der Waals surface area contributed by atoms with Crippen LogP contribution in [0.1, 0.15) is 28.7 Å². The molecule has 33 heavy (non-hydrogen) atoms. The van der Waals surface area contributed by atoms with Gasteiger partial charge in [-0.1, -0.05) is 29.8 Å². The molecule has 1 amide bonds. The maximum absolute atomic E-state index is 13.2. The van der Waals surface area contributed by atoms with E-state index in [4.69, 9.17) is 9.47 Å². The van der Waals surface area contributed by atoms with Gasteiger partial charge in [-0.3, -0.25) is 9.69 Å². The Labute approximate surface area is 193 Å². The fraction of sp³-hybridized carbons (Fsp3) is 0.417. The molecule has 4 rings (SSSR count). The van der Waals surface area contributed by atoms with E-state index in [0.717, 1.165) is 44.0 Å². The summed E-state index contributed by atoms with van der Waals surface area (Å²) in [5, 5.41) is 15.1. The lowest BCUT2D eigenvalue weighted by Gasteiger charge is -2.29. The lowest BCUT2D eigenvalue weighted by atomic mass is 10.0. The summed E-state index contributed by atoms with van der Waals surface area (Å²) in [6, 6.07) is 13.9. The molecule has 2 aromatic carbocycles. The summed E-state index contributed by atoms with van der Waals surface area (Å²) in [4.78, 5) is 15.5. The summed E-state index contributed by atoms with van der Waals surface area (Å²) >= 11 is 0. The van der Waals surface area contributed by atoms with Crippen LogP contribution in [-0.4, -0.2) is 77.0 Å². The Morgan fingerprint density at radius 1 is 1.15 bits per heavy atom. The molecular formula is C24H30N6O3. The zero-order valence-corrected chi connectivity index (χ0v) is 19.3. The van der Waals surface area contributed by atoms with Gasteiger partial charge in [-0.2, -0.15) is 4.68 Å². The van der Waals surface area contributed by atoms with Gasteiger partial charge in [-0.05, 0) is 53.6 Å². The van der Waals surface area contributed by atoms with Crippen molar-refractivity contribution in [3.05, 3.63) is 59.4 Å². The van der Waals surface area contributed by atoms with E-state index in [9.17, 15) is 4.79 Å². The molecule has 9 nitrogen and oxygen atoms in total. The molecule has 0 radical (unpaired) electrons. The molecule has 1 atom stereocenters. The van der Waals surface area contributed by atoms with Gasteiger partial charge in [0.15, 0.2) is 5.82 Å². The van der Waals surface area contributed by atoms with Crippen LogP contribution >= 0.6 is 0 Å². The first kappa shape index (κ1) is 23.0. The van der Waals surface area contributed by atoms with Gasteiger partial charge in [-0.25, -0.2) is 0 Å². The SMILES string of the molecule is COCc1nnnn1-c1cc(C(=O)NC(C)CN2CCOCC2)cc(-c2ccc(C)cc2)c1. The van der Waals surface area contributed by atoms with E-state index in [1.165, 1.54) is 5.56 Å². The molecule has 174 valence electrons. The van der Waals surface area contributed by atoms with Gasteiger partial charge in [0.25, 0.3) is 5.91 Å². The van der Waals surface area contributed by atoms with Crippen LogP contribution in [0.4, 0.5) is 0 Å². The molecule has 2 heterocycles. The number of ether oxygens (including phenoxy) is 2. The number of benzene rings is 2. The van der Waals surface area contributed by atoms with Gasteiger partial charge in [-0.15, -0.1) is 5.10 Å². The average molecular weight is 451 g/mol. The van der Waals surface area contributed by atoms with E-state index in [1.807, 2.05) is 44.2 Å². The molecule has 1 aliphatic heterocycles. The van der Waals surface area contributed by atoms with E-state index < -0.39 is 0 Å². The van der Waals surface area contributed by atoms with Gasteiger partial charge >= 0.3 is 0 Å². The Hall–Kier alpha value is -3.14. The Balaban J connectivity index is 1.63. The van der Waals surface area contributed by atoms with Crippen molar-refractivity contribution >= 4 is 5.91 Å². The molecule has 0 spiro atoms. The van der Waals surface area contributed by atoms with Crippen molar-refractivity contribution in [2.24, 2.45) is 0 Å². The highest BCUT2D eigenvalue weighted by Crippen LogP contribution is 2.25. The molecular weight excluding hydrogens is 420 g/mol. The van der Waals surface area contributed by atoms with E-state index in [-0.39, 0.29) is 18.6 Å². The minimum absolute atomic E-state index is 0.000768. The van der Waals surface area contributed by atoms with Gasteiger partial charge in [0.1, 0.15) is 6.61 Å². The molecule has 1 aromatic heterocycles. The summed E-state index contributed by atoms with van der Waals surface area (Å²) < 4.78 is 12.2. The van der Waals surface area contributed by atoms with Crippen molar-refractivity contribution in [1.29, 1.82) is 0 Å². The maximum Gasteiger partial charge on any atom is 0.251 e. The Morgan fingerprint density at radius 2 is 1.91 bits per heavy atom. The fourth-order valence-corrected chi connectivity index (χ4v) is 3.93. The van der Waals surface area contributed by atoms with Crippen molar-refractivity contribution in [3.8, 4) is 16.8 Å². The highest BCUT2D eigenvalue weighted by Gasteiger charge is 2.18. The molecule has 1 aliphatic rings. The lowest BCUT2D eigenvalue weighted by molar-refractivity contribution is 0.0342. The molecule has 3 aromatic rings. The van der Waals surface area contributed by atoms with Crippen LogP contribution in [-0.2, 0) is 16.1 Å². The number of aromatic nitrogens is 4. The molecule has 1 unspecified atom stereocenters. The van der Waals surface area contributed by atoms with Crippen LogP contribution in [0.5, 0.6) is 0 Å². The van der Waals surface area contributed by atoms with Crippen molar-refractivity contribution in [3.63, 3.8) is 0 Å². The summed E-state index contributed by atoms with van der Waals surface area (Å²) in [6.07, 6.45) is 0. The molecule has 1 fully saturated rings. The quantitative estimate of drug-likeness (QED) is 0.562. The first-order valence-corrected chi connectivity index (χ1v) is 11.1. The fourth-order valence-electron chi connectivity index (χ4n) is 3.93. The predicted molar refractivity (Wildman–Crippen MR) is 124 cm³/mol. The van der Waals surface area contributed by atoms with Gasteiger partial charge in [0.2, 0.25) is 0 Å². The minimum Gasteiger partial charge on any atom is -0.379 e. The second-order valence-electron chi connectivity index (χ2n) is 8.36. The summed E-state index contributed by atoms with van der Waals surface area (Å²) in [6.45, 7) is 8.36. The normalized spacial score (nSPS) is 15.4. The van der Waals surface area contributed by atoms with Crippen LogP contribution in [0.15, 0.2) is 42.5 Å². The number of nitrogens with one attached hydrogen (secondary N) is 1. The Kier molecular flexibility index (Phi) is 7.43. The highest BCUT2D eigenvalue weighted by molar-refractivity contribution is 5.96. The number of amides is 1. The van der Waals surface area contributed by atoms with Crippen molar-refractivity contribution in [1.82, 2.24) is 30.4 Å². The largest absolute Gasteiger partial charge is 0.379 e. The molecule has 0 bridgehead atoms. The number of aryl methyl sites for hydroxylation is 1. The molecule has 0 aliphatic carbocycles. The number of nitrogens with zero attached hydrogens (tertiary/aromatic N) is 5. The van der Waals surface area contributed by atoms with Crippen LogP contribution in [0.3, 0.4) is 0 Å². The second kappa shape index (κ2) is 10.7. The summed E-state index contributed by atoms with van der Waals surface area (Å²) in [5.41, 5.74) is 4.36. The van der Waals surface area contributed by atoms with Gasteiger partial charge < -0.3 is 14.8 Å². The lowest BCUT2D eigenvalue weighted by Crippen LogP contribution is -2.46. The van der Waals surface area contributed by atoms with E-state index in [0.29, 0.717) is 17.1 Å². The van der Waals surface area contributed by atoms with Crippen LogP contribution in [0, 0.1) is 6.92 Å². The molecule has 1 saturated heterocycles. The third kappa shape index (κ3) is 5.81. The number of carbonyl (C=O) groups is 1. The number of hydrogen-bond acceptors (Lipinski definition) is 7. The van der Waals surface area contributed by atoms with Crippen molar-refractivity contribution < 1.29 is 14.3 Å². The smallest absolute Gasteiger partial charge is 0.251 e. The van der Waals surface area contributed by atoms with E-state index in [1.54, 1.807) is 11.8 Å². The number of tetrazole rings is 1.